The minimum Gasteiger partial charge on any atom is -0.482 e. The van der Waals surface area contributed by atoms with Gasteiger partial charge >= 0.3 is 5.97 Å². The molecule has 3 rings (SSSR count). The Labute approximate surface area is 148 Å². The maximum Gasteiger partial charge on any atom is 0.349 e. The first-order chi connectivity index (χ1) is 11.9. The molecule has 3 aromatic carbocycles. The van der Waals surface area contributed by atoms with Gasteiger partial charge in [0.1, 0.15) is 11.5 Å². The van der Waals surface area contributed by atoms with Crippen molar-refractivity contribution in [2.75, 3.05) is 6.61 Å². The molecule has 0 aliphatic heterocycles. The van der Waals surface area contributed by atoms with Crippen LogP contribution in [0.1, 0.15) is 26.3 Å². The number of carbonyl (C=O) groups is 1. The number of fused-ring (bicyclic) bond motifs is 1. The van der Waals surface area contributed by atoms with Gasteiger partial charge in [-0.3, -0.25) is 0 Å². The van der Waals surface area contributed by atoms with Crippen molar-refractivity contribution in [1.82, 2.24) is 0 Å². The lowest BCUT2D eigenvalue weighted by Gasteiger charge is -2.19. The lowest BCUT2D eigenvalue weighted by Crippen LogP contribution is -2.18. The zero-order chi connectivity index (χ0) is 17.9. The summed E-state index contributed by atoms with van der Waals surface area (Å²) in [6.07, 6.45) is 0. The van der Waals surface area contributed by atoms with Gasteiger partial charge in [0.05, 0.1) is 0 Å². The first kappa shape index (κ1) is 17.0. The zero-order valence-electron chi connectivity index (χ0n) is 14.8. The fourth-order valence-corrected chi connectivity index (χ4v) is 2.58. The second-order valence-electron chi connectivity index (χ2n) is 7.05. The quantitative estimate of drug-likeness (QED) is 0.490. The normalized spacial score (nSPS) is 11.3. The third-order valence-corrected chi connectivity index (χ3v) is 4.03. The summed E-state index contributed by atoms with van der Waals surface area (Å²) in [7, 11) is 0. The summed E-state index contributed by atoms with van der Waals surface area (Å²) >= 11 is 0. The third-order valence-electron chi connectivity index (χ3n) is 4.03. The predicted molar refractivity (Wildman–Crippen MR) is 100 cm³/mol. The Balaban J connectivity index is 1.58. The Bertz CT molecular complexity index is 874. The topological polar surface area (TPSA) is 35.5 Å². The Kier molecular flexibility index (Phi) is 4.75. The number of carbonyl (C=O) groups excluding carboxylic acids is 1. The molecule has 0 aromatic heterocycles. The van der Waals surface area contributed by atoms with Crippen molar-refractivity contribution in [2.45, 2.75) is 26.2 Å². The Morgan fingerprint density at radius 2 is 1.48 bits per heavy atom. The minimum atomic E-state index is -0.420. The summed E-state index contributed by atoms with van der Waals surface area (Å²) in [5.41, 5.74) is 1.27. The molecule has 25 heavy (non-hydrogen) atoms. The molecule has 0 spiro atoms. The fraction of sp³-hybridized carbons (Fsp3) is 0.227. The highest BCUT2D eigenvalue weighted by atomic mass is 16.6. The molecular weight excluding hydrogens is 312 g/mol. The van der Waals surface area contributed by atoms with Crippen molar-refractivity contribution >= 4 is 16.7 Å². The summed E-state index contributed by atoms with van der Waals surface area (Å²) in [6, 6.07) is 21.3. The van der Waals surface area contributed by atoms with Gasteiger partial charge in [0.2, 0.25) is 0 Å². The number of benzene rings is 3. The second-order valence-corrected chi connectivity index (χ2v) is 7.05. The maximum atomic E-state index is 12.0. The van der Waals surface area contributed by atoms with E-state index >= 15 is 0 Å². The summed E-state index contributed by atoms with van der Waals surface area (Å²) in [4.78, 5) is 12.0. The van der Waals surface area contributed by atoms with Crippen LogP contribution in [0.3, 0.4) is 0 Å². The predicted octanol–water partition coefficient (Wildman–Crippen LogP) is 5.12. The molecule has 0 unspecified atom stereocenters. The van der Waals surface area contributed by atoms with Crippen LogP contribution in [0, 0.1) is 0 Å². The lowest BCUT2D eigenvalue weighted by atomic mass is 9.87. The van der Waals surface area contributed by atoms with E-state index in [0.29, 0.717) is 11.5 Å². The molecule has 3 aromatic rings. The van der Waals surface area contributed by atoms with Gasteiger partial charge in [0.25, 0.3) is 0 Å². The van der Waals surface area contributed by atoms with Crippen molar-refractivity contribution in [1.29, 1.82) is 0 Å². The lowest BCUT2D eigenvalue weighted by molar-refractivity contribution is -0.136. The SMILES string of the molecule is CC(C)(C)c1ccc(OC(=O)COc2ccc3ccccc3c2)cc1. The zero-order valence-corrected chi connectivity index (χ0v) is 14.8. The van der Waals surface area contributed by atoms with E-state index in [0.717, 1.165) is 10.8 Å². The van der Waals surface area contributed by atoms with Crippen LogP contribution in [-0.4, -0.2) is 12.6 Å². The summed E-state index contributed by atoms with van der Waals surface area (Å²) < 4.78 is 10.9. The Morgan fingerprint density at radius 3 is 2.16 bits per heavy atom. The molecule has 0 aliphatic rings. The van der Waals surface area contributed by atoms with Crippen molar-refractivity contribution in [3.63, 3.8) is 0 Å². The molecule has 0 N–H and O–H groups in total. The van der Waals surface area contributed by atoms with Gasteiger partial charge in [-0.05, 0) is 46.0 Å². The second kappa shape index (κ2) is 6.98. The van der Waals surface area contributed by atoms with E-state index in [1.54, 1.807) is 0 Å². The Hall–Kier alpha value is -2.81. The van der Waals surface area contributed by atoms with Crippen LogP contribution in [0.15, 0.2) is 66.7 Å². The van der Waals surface area contributed by atoms with Crippen LogP contribution in [0.2, 0.25) is 0 Å². The van der Waals surface area contributed by atoms with Gasteiger partial charge in [0.15, 0.2) is 6.61 Å². The molecule has 0 bridgehead atoms. The van der Waals surface area contributed by atoms with Crippen molar-refractivity contribution in [3.05, 3.63) is 72.3 Å². The molecule has 3 nitrogen and oxygen atoms in total. The first-order valence-corrected chi connectivity index (χ1v) is 8.35. The van der Waals surface area contributed by atoms with Gasteiger partial charge in [-0.25, -0.2) is 4.79 Å². The van der Waals surface area contributed by atoms with Crippen LogP contribution in [-0.2, 0) is 10.2 Å². The molecule has 3 heteroatoms. The van der Waals surface area contributed by atoms with Crippen LogP contribution < -0.4 is 9.47 Å². The van der Waals surface area contributed by atoms with Gasteiger partial charge < -0.3 is 9.47 Å². The van der Waals surface area contributed by atoms with Crippen LogP contribution in [0.25, 0.3) is 10.8 Å². The van der Waals surface area contributed by atoms with E-state index in [1.807, 2.05) is 66.7 Å². The molecule has 0 atom stereocenters. The number of ether oxygens (including phenoxy) is 2. The highest BCUT2D eigenvalue weighted by molar-refractivity contribution is 5.83. The number of rotatable bonds is 4. The smallest absolute Gasteiger partial charge is 0.349 e. The number of esters is 1. The van der Waals surface area contributed by atoms with E-state index < -0.39 is 5.97 Å². The van der Waals surface area contributed by atoms with E-state index in [1.165, 1.54) is 5.56 Å². The standard InChI is InChI=1S/C22H22O3/c1-22(2,3)18-9-12-19(13-10-18)25-21(23)15-24-20-11-8-16-6-4-5-7-17(16)14-20/h4-14H,15H2,1-3H3. The number of hydrogen-bond acceptors (Lipinski definition) is 3. The first-order valence-electron chi connectivity index (χ1n) is 8.35. The minimum absolute atomic E-state index is 0.0712. The highest BCUT2D eigenvalue weighted by Gasteiger charge is 2.14. The van der Waals surface area contributed by atoms with Crippen molar-refractivity contribution in [3.8, 4) is 11.5 Å². The van der Waals surface area contributed by atoms with Gasteiger partial charge in [0, 0.05) is 0 Å². The number of hydrogen-bond donors (Lipinski definition) is 0. The molecule has 0 aliphatic carbocycles. The summed E-state index contributed by atoms with van der Waals surface area (Å²) in [5, 5.41) is 2.21. The van der Waals surface area contributed by atoms with Gasteiger partial charge in [-0.15, -0.1) is 0 Å². The van der Waals surface area contributed by atoms with Crippen LogP contribution in [0.5, 0.6) is 11.5 Å². The van der Waals surface area contributed by atoms with Crippen molar-refractivity contribution in [2.24, 2.45) is 0 Å². The summed E-state index contributed by atoms with van der Waals surface area (Å²) in [5.74, 6) is 0.760. The van der Waals surface area contributed by atoms with E-state index in [2.05, 4.69) is 20.8 Å². The third kappa shape index (κ3) is 4.38. The monoisotopic (exact) mass is 334 g/mol. The molecule has 0 heterocycles. The molecule has 128 valence electrons. The molecular formula is C22H22O3. The van der Waals surface area contributed by atoms with Gasteiger partial charge in [-0.1, -0.05) is 63.2 Å². The molecule has 0 amide bonds. The highest BCUT2D eigenvalue weighted by Crippen LogP contribution is 2.24. The van der Waals surface area contributed by atoms with E-state index in [9.17, 15) is 4.79 Å². The van der Waals surface area contributed by atoms with Crippen LogP contribution >= 0.6 is 0 Å². The maximum absolute atomic E-state index is 12.0. The molecule has 0 fully saturated rings. The van der Waals surface area contributed by atoms with E-state index in [-0.39, 0.29) is 12.0 Å². The Morgan fingerprint density at radius 1 is 0.840 bits per heavy atom. The average Bonchev–Trinajstić information content (AvgIpc) is 2.59. The molecule has 0 saturated carbocycles. The fourth-order valence-electron chi connectivity index (χ4n) is 2.58. The average molecular weight is 334 g/mol. The largest absolute Gasteiger partial charge is 0.482 e. The van der Waals surface area contributed by atoms with Crippen LogP contribution in [0.4, 0.5) is 0 Å². The molecule has 0 radical (unpaired) electrons. The summed E-state index contributed by atoms with van der Waals surface area (Å²) in [6.45, 7) is 6.31. The van der Waals surface area contributed by atoms with Gasteiger partial charge in [-0.2, -0.15) is 0 Å². The van der Waals surface area contributed by atoms with Crippen molar-refractivity contribution < 1.29 is 14.3 Å². The van der Waals surface area contributed by atoms with E-state index in [4.69, 9.17) is 9.47 Å². The molecule has 0 saturated heterocycles.